The Morgan fingerprint density at radius 3 is 2.44 bits per heavy atom. The summed E-state index contributed by atoms with van der Waals surface area (Å²) >= 11 is 0. The van der Waals surface area contributed by atoms with Gasteiger partial charge in [0.25, 0.3) is 0 Å². The van der Waals surface area contributed by atoms with Gasteiger partial charge in [-0.2, -0.15) is 18.3 Å². The fraction of sp³-hybridized carbons (Fsp3) is 0.727. The highest BCUT2D eigenvalue weighted by Crippen LogP contribution is 2.44. The van der Waals surface area contributed by atoms with Gasteiger partial charge in [0.05, 0.1) is 24.1 Å². The van der Waals surface area contributed by atoms with E-state index in [1.807, 2.05) is 31.1 Å². The summed E-state index contributed by atoms with van der Waals surface area (Å²) in [4.78, 5) is 39.0. The number of amides is 1. The van der Waals surface area contributed by atoms with Crippen LogP contribution in [0.3, 0.4) is 0 Å². The van der Waals surface area contributed by atoms with Gasteiger partial charge in [-0.15, -0.1) is 0 Å². The number of carboxylic acid groups (broad SMARTS) is 1. The summed E-state index contributed by atoms with van der Waals surface area (Å²) in [5.41, 5.74) is 0.305. The van der Waals surface area contributed by atoms with Crippen molar-refractivity contribution in [2.75, 3.05) is 32.8 Å². The molecule has 0 spiro atoms. The topological polar surface area (TPSA) is 105 Å². The fourth-order valence-corrected chi connectivity index (χ4v) is 4.52. The Hall–Kier alpha value is -2.63. The van der Waals surface area contributed by atoms with Gasteiger partial charge >= 0.3 is 18.1 Å². The van der Waals surface area contributed by atoms with Crippen molar-refractivity contribution in [2.24, 2.45) is 18.4 Å². The molecule has 0 saturated carbocycles. The lowest BCUT2D eigenvalue weighted by Crippen LogP contribution is -2.44. The zero-order valence-corrected chi connectivity index (χ0v) is 20.0. The number of carbonyl (C=O) groups excluding carboxylic acids is 2. The Balaban J connectivity index is 0.000000509. The minimum absolute atomic E-state index is 0.0859. The van der Waals surface area contributed by atoms with Crippen molar-refractivity contribution in [2.45, 2.75) is 52.3 Å². The maximum atomic E-state index is 12.9. The molecular weight excluding hydrogens is 457 g/mol. The van der Waals surface area contributed by atoms with Gasteiger partial charge in [-0.25, -0.2) is 4.79 Å². The SMILES string of the molecule is CCOC(=O)[C@]12CCCN(C(=O)Cc3ccn(C)n3)C[C@H]1CN(C(C)C)C2.O=C(O)C(F)(F)F. The van der Waals surface area contributed by atoms with Crippen LogP contribution >= 0.6 is 0 Å². The summed E-state index contributed by atoms with van der Waals surface area (Å²) < 4.78 is 38.9. The third-order valence-electron chi connectivity index (χ3n) is 6.32. The van der Waals surface area contributed by atoms with Crippen LogP contribution in [0.2, 0.25) is 0 Å². The number of esters is 1. The summed E-state index contributed by atoms with van der Waals surface area (Å²) in [6, 6.07) is 2.26. The lowest BCUT2D eigenvalue weighted by Gasteiger charge is -2.31. The number of nitrogens with zero attached hydrogens (tertiary/aromatic N) is 4. The Bertz CT molecular complexity index is 873. The number of hydrogen-bond donors (Lipinski definition) is 1. The number of aliphatic carboxylic acids is 1. The van der Waals surface area contributed by atoms with Crippen molar-refractivity contribution in [3.63, 3.8) is 0 Å². The Morgan fingerprint density at radius 1 is 1.29 bits per heavy atom. The Labute approximate surface area is 196 Å². The molecule has 12 heteroatoms. The molecule has 34 heavy (non-hydrogen) atoms. The number of alkyl halides is 3. The highest BCUT2D eigenvalue weighted by Gasteiger charge is 2.54. The van der Waals surface area contributed by atoms with E-state index in [0.717, 1.165) is 31.6 Å². The minimum Gasteiger partial charge on any atom is -0.475 e. The van der Waals surface area contributed by atoms with Gasteiger partial charge in [0.2, 0.25) is 5.91 Å². The Morgan fingerprint density at radius 2 is 1.94 bits per heavy atom. The second-order valence-corrected chi connectivity index (χ2v) is 9.00. The van der Waals surface area contributed by atoms with Gasteiger partial charge in [-0.1, -0.05) is 0 Å². The van der Waals surface area contributed by atoms with Crippen molar-refractivity contribution in [3.05, 3.63) is 18.0 Å². The van der Waals surface area contributed by atoms with E-state index in [0.29, 0.717) is 32.2 Å². The zero-order chi connectivity index (χ0) is 25.7. The number of ether oxygens (including phenoxy) is 1. The average molecular weight is 491 g/mol. The van der Waals surface area contributed by atoms with E-state index in [1.54, 1.807) is 4.68 Å². The van der Waals surface area contributed by atoms with Gasteiger partial charge in [0, 0.05) is 51.4 Å². The van der Waals surface area contributed by atoms with Crippen molar-refractivity contribution in [1.29, 1.82) is 0 Å². The van der Waals surface area contributed by atoms with Crippen molar-refractivity contribution in [3.8, 4) is 0 Å². The molecule has 2 fully saturated rings. The molecule has 2 aliphatic heterocycles. The van der Waals surface area contributed by atoms with Crippen LogP contribution in [-0.2, 0) is 32.6 Å². The van der Waals surface area contributed by atoms with E-state index in [2.05, 4.69) is 23.8 Å². The summed E-state index contributed by atoms with van der Waals surface area (Å²) in [6.45, 7) is 9.47. The highest BCUT2D eigenvalue weighted by molar-refractivity contribution is 5.80. The van der Waals surface area contributed by atoms with Gasteiger partial charge in [0.15, 0.2) is 0 Å². The molecule has 3 rings (SSSR count). The highest BCUT2D eigenvalue weighted by atomic mass is 19.4. The number of carboxylic acids is 1. The van der Waals surface area contributed by atoms with E-state index in [1.165, 1.54) is 0 Å². The summed E-state index contributed by atoms with van der Waals surface area (Å²) in [7, 11) is 1.85. The lowest BCUT2D eigenvalue weighted by atomic mass is 9.75. The molecule has 1 amide bonds. The Kier molecular flexibility index (Phi) is 9.09. The molecule has 1 aromatic heterocycles. The lowest BCUT2D eigenvalue weighted by molar-refractivity contribution is -0.192. The second kappa shape index (κ2) is 11.2. The van der Waals surface area contributed by atoms with E-state index in [4.69, 9.17) is 14.6 Å². The molecule has 1 N–H and O–H groups in total. The predicted octanol–water partition coefficient (Wildman–Crippen LogP) is 2.11. The number of likely N-dealkylation sites (tertiary alicyclic amines) is 2. The summed E-state index contributed by atoms with van der Waals surface area (Å²) in [5, 5.41) is 11.4. The maximum absolute atomic E-state index is 12.9. The fourth-order valence-electron chi connectivity index (χ4n) is 4.52. The maximum Gasteiger partial charge on any atom is 0.490 e. The molecule has 9 nitrogen and oxygen atoms in total. The van der Waals surface area contributed by atoms with Gasteiger partial charge in [-0.3, -0.25) is 19.2 Å². The summed E-state index contributed by atoms with van der Waals surface area (Å²) in [6.07, 6.45) is -1.30. The third-order valence-corrected chi connectivity index (χ3v) is 6.32. The van der Waals surface area contributed by atoms with Crippen LogP contribution in [0.25, 0.3) is 0 Å². The van der Waals surface area contributed by atoms with Crippen LogP contribution in [0.15, 0.2) is 12.3 Å². The van der Waals surface area contributed by atoms with Crippen molar-refractivity contribution >= 4 is 17.8 Å². The molecule has 2 saturated heterocycles. The molecule has 192 valence electrons. The number of fused-ring (bicyclic) bond motifs is 1. The number of aryl methyl sites for hydroxylation is 1. The first kappa shape index (κ1) is 27.6. The molecule has 2 aliphatic rings. The molecule has 1 aromatic rings. The van der Waals surface area contributed by atoms with Crippen LogP contribution in [0.1, 0.15) is 39.3 Å². The normalized spacial score (nSPS) is 23.1. The van der Waals surface area contributed by atoms with E-state index < -0.39 is 17.6 Å². The predicted molar refractivity (Wildman–Crippen MR) is 116 cm³/mol. The van der Waals surface area contributed by atoms with Gasteiger partial charge < -0.3 is 14.7 Å². The standard InChI is InChI=1S/C20H32N4O3.C2HF3O2/c1-5-27-19(26)20-8-6-9-23(12-16(20)13-24(14-20)15(2)3)18(25)11-17-7-10-22(4)21-17;3-2(4,5)1(6)7/h7,10,15-16H,5-6,8-9,11-14H2,1-4H3;(H,6,7)/t16-,20-;/m0./s1. The van der Waals surface area contributed by atoms with Crippen LogP contribution in [0, 0.1) is 11.3 Å². The van der Waals surface area contributed by atoms with Crippen LogP contribution in [0.5, 0.6) is 0 Å². The van der Waals surface area contributed by atoms with E-state index >= 15 is 0 Å². The molecule has 0 bridgehead atoms. The molecule has 2 atom stereocenters. The van der Waals surface area contributed by atoms with E-state index in [-0.39, 0.29) is 17.8 Å². The number of aromatic nitrogens is 2. The van der Waals surface area contributed by atoms with Crippen molar-refractivity contribution < 1.29 is 37.4 Å². The van der Waals surface area contributed by atoms with Gasteiger partial charge in [0.1, 0.15) is 0 Å². The first-order chi connectivity index (χ1) is 15.8. The van der Waals surface area contributed by atoms with E-state index in [9.17, 15) is 22.8 Å². The second-order valence-electron chi connectivity index (χ2n) is 9.00. The monoisotopic (exact) mass is 490 g/mol. The minimum atomic E-state index is -5.08. The quantitative estimate of drug-likeness (QED) is 0.631. The van der Waals surface area contributed by atoms with Gasteiger partial charge in [-0.05, 0) is 39.7 Å². The molecule has 3 heterocycles. The number of rotatable bonds is 5. The first-order valence-electron chi connectivity index (χ1n) is 11.3. The molecule has 0 aliphatic carbocycles. The number of hydrogen-bond acceptors (Lipinski definition) is 6. The third kappa shape index (κ3) is 6.71. The van der Waals surface area contributed by atoms with Crippen molar-refractivity contribution in [1.82, 2.24) is 19.6 Å². The molecular formula is C22H33F3N4O5. The molecule has 0 radical (unpaired) electrons. The van der Waals surface area contributed by atoms with Crippen LogP contribution < -0.4 is 0 Å². The first-order valence-corrected chi connectivity index (χ1v) is 11.3. The zero-order valence-electron chi connectivity index (χ0n) is 20.0. The molecule has 0 aromatic carbocycles. The number of carbonyl (C=O) groups is 3. The molecule has 0 unspecified atom stereocenters. The smallest absolute Gasteiger partial charge is 0.475 e. The average Bonchev–Trinajstić information content (AvgIpc) is 3.26. The largest absolute Gasteiger partial charge is 0.490 e. The van der Waals surface area contributed by atoms with Crippen LogP contribution in [-0.4, -0.2) is 87.5 Å². The summed E-state index contributed by atoms with van der Waals surface area (Å²) in [5.74, 6) is -2.63. The number of halogens is 3. The van der Waals surface area contributed by atoms with Crippen LogP contribution in [0.4, 0.5) is 13.2 Å².